The van der Waals surface area contributed by atoms with Gasteiger partial charge in [0.05, 0.1) is 26.4 Å². The summed E-state index contributed by atoms with van der Waals surface area (Å²) in [6.07, 6.45) is -4.89. The van der Waals surface area contributed by atoms with E-state index in [1.54, 1.807) is 0 Å². The summed E-state index contributed by atoms with van der Waals surface area (Å²) in [5.41, 5.74) is -0.203. The van der Waals surface area contributed by atoms with Crippen molar-refractivity contribution in [1.82, 2.24) is 0 Å². The van der Waals surface area contributed by atoms with Crippen LogP contribution in [-0.2, 0) is 23.8 Å². The summed E-state index contributed by atoms with van der Waals surface area (Å²) < 4.78 is 56.2. The van der Waals surface area contributed by atoms with Gasteiger partial charge in [-0.2, -0.15) is 0 Å². The van der Waals surface area contributed by atoms with Crippen LogP contribution in [0.15, 0.2) is 33.9 Å². The summed E-state index contributed by atoms with van der Waals surface area (Å²) in [6.45, 7) is -0.416. The fourth-order valence-electron chi connectivity index (χ4n) is 2.24. The molecule has 2 rings (SSSR count). The number of carbonyl (C=O) groups is 2. The van der Waals surface area contributed by atoms with Gasteiger partial charge in [-0.05, 0) is 12.1 Å². The van der Waals surface area contributed by atoms with Gasteiger partial charge in [-0.3, -0.25) is 0 Å². The maximum atomic E-state index is 12.5. The first-order valence-corrected chi connectivity index (χ1v) is 7.77. The summed E-state index contributed by atoms with van der Waals surface area (Å²) in [6, 6.07) is 3.57. The van der Waals surface area contributed by atoms with Crippen molar-refractivity contribution < 1.29 is 41.7 Å². The van der Waals surface area contributed by atoms with E-state index in [-0.39, 0.29) is 34.8 Å². The molecule has 0 saturated carbocycles. The molecule has 26 heavy (non-hydrogen) atoms. The van der Waals surface area contributed by atoms with Crippen molar-refractivity contribution in [3.63, 3.8) is 0 Å². The van der Waals surface area contributed by atoms with Crippen LogP contribution in [0, 0.1) is 0 Å². The summed E-state index contributed by atoms with van der Waals surface area (Å²) in [5, 5.41) is 0. The Labute approximate surface area is 154 Å². The summed E-state index contributed by atoms with van der Waals surface area (Å²) in [4.78, 5) is 25.3. The number of nitrogens with zero attached hydrogens (tertiary/aromatic N) is 1. The van der Waals surface area contributed by atoms with Crippen LogP contribution in [0.4, 0.5) is 18.9 Å². The molecule has 0 fully saturated rings. The molecule has 1 aromatic rings. The van der Waals surface area contributed by atoms with Crippen molar-refractivity contribution in [3.8, 4) is 5.75 Å². The minimum absolute atomic E-state index is 0.111. The van der Waals surface area contributed by atoms with E-state index >= 15 is 0 Å². The molecule has 142 valence electrons. The fourth-order valence-corrected chi connectivity index (χ4v) is 2.70. The monoisotopic (exact) mass is 439 g/mol. The predicted molar refractivity (Wildman–Crippen MR) is 85.2 cm³/mol. The third kappa shape index (κ3) is 4.67. The average Bonchev–Trinajstić information content (AvgIpc) is 2.57. The number of halogens is 4. The highest BCUT2D eigenvalue weighted by Crippen LogP contribution is 2.34. The number of anilines is 1. The van der Waals surface area contributed by atoms with Crippen LogP contribution in [0.2, 0.25) is 0 Å². The van der Waals surface area contributed by atoms with Gasteiger partial charge >= 0.3 is 18.3 Å². The molecule has 0 saturated heterocycles. The molecule has 0 radical (unpaired) electrons. The van der Waals surface area contributed by atoms with Crippen LogP contribution in [0.25, 0.3) is 0 Å². The zero-order valence-electron chi connectivity index (χ0n) is 13.6. The Balaban J connectivity index is 2.54. The quantitative estimate of drug-likeness (QED) is 0.667. The molecule has 0 aromatic heterocycles. The second-order valence-corrected chi connectivity index (χ2v) is 5.82. The van der Waals surface area contributed by atoms with Crippen molar-refractivity contribution >= 4 is 33.6 Å². The van der Waals surface area contributed by atoms with Gasteiger partial charge in [0.2, 0.25) is 0 Å². The molecule has 0 atom stereocenters. The molecule has 1 aliphatic rings. The van der Waals surface area contributed by atoms with Gasteiger partial charge in [0.25, 0.3) is 0 Å². The zero-order chi connectivity index (χ0) is 19.5. The van der Waals surface area contributed by atoms with Crippen molar-refractivity contribution in [2.75, 3.05) is 32.5 Å². The van der Waals surface area contributed by atoms with Crippen molar-refractivity contribution in [2.24, 2.45) is 0 Å². The van der Waals surface area contributed by atoms with Crippen LogP contribution < -0.4 is 9.64 Å². The molecule has 1 aliphatic heterocycles. The topological polar surface area (TPSA) is 74.3 Å². The van der Waals surface area contributed by atoms with Crippen molar-refractivity contribution in [2.45, 2.75) is 6.36 Å². The second kappa shape index (κ2) is 7.96. The van der Waals surface area contributed by atoms with E-state index in [2.05, 4.69) is 30.1 Å². The number of rotatable bonds is 4. The first kappa shape index (κ1) is 20.0. The largest absolute Gasteiger partial charge is 0.573 e. The highest BCUT2D eigenvalue weighted by Gasteiger charge is 2.34. The maximum absolute atomic E-state index is 12.5. The third-order valence-electron chi connectivity index (χ3n) is 3.23. The fraction of sp³-hybridized carbons (Fsp3) is 0.333. The van der Waals surface area contributed by atoms with Gasteiger partial charge in [-0.25, -0.2) is 9.59 Å². The molecule has 0 amide bonds. The number of benzene rings is 1. The van der Waals surface area contributed by atoms with E-state index < -0.39 is 24.1 Å². The lowest BCUT2D eigenvalue weighted by molar-refractivity contribution is -0.274. The van der Waals surface area contributed by atoms with E-state index in [9.17, 15) is 22.8 Å². The van der Waals surface area contributed by atoms with E-state index in [4.69, 9.17) is 4.74 Å². The Kier molecular flexibility index (Phi) is 6.13. The van der Waals surface area contributed by atoms with Crippen LogP contribution in [-0.4, -0.2) is 45.9 Å². The Morgan fingerprint density at radius 3 is 2.38 bits per heavy atom. The first-order valence-electron chi connectivity index (χ1n) is 6.97. The minimum Gasteiger partial charge on any atom is -0.466 e. The number of hydrogen-bond acceptors (Lipinski definition) is 7. The van der Waals surface area contributed by atoms with Crippen LogP contribution in [0.1, 0.15) is 0 Å². The molecular weight excluding hydrogens is 427 g/mol. The van der Waals surface area contributed by atoms with E-state index in [0.717, 1.165) is 26.4 Å². The molecule has 1 aromatic carbocycles. The number of ether oxygens (including phenoxy) is 4. The number of methoxy groups -OCH3 is 2. The number of carbonyl (C=O) groups excluding carboxylic acids is 2. The van der Waals surface area contributed by atoms with Crippen LogP contribution in [0.3, 0.4) is 0 Å². The number of alkyl halides is 3. The van der Waals surface area contributed by atoms with Crippen LogP contribution >= 0.6 is 15.9 Å². The van der Waals surface area contributed by atoms with Gasteiger partial charge in [0, 0.05) is 16.2 Å². The van der Waals surface area contributed by atoms with Crippen LogP contribution in [0.5, 0.6) is 5.75 Å². The molecule has 1 heterocycles. The Bertz CT molecular complexity index is 749. The first-order chi connectivity index (χ1) is 12.2. The smallest absolute Gasteiger partial charge is 0.466 e. The predicted octanol–water partition coefficient (Wildman–Crippen LogP) is 2.74. The summed E-state index contributed by atoms with van der Waals surface area (Å²) >= 11 is 3.08. The van der Waals surface area contributed by atoms with Crippen molar-refractivity contribution in [3.05, 3.63) is 33.9 Å². The highest BCUT2D eigenvalue weighted by molar-refractivity contribution is 9.10. The Morgan fingerprint density at radius 2 is 1.81 bits per heavy atom. The summed E-state index contributed by atoms with van der Waals surface area (Å²) in [7, 11) is 2.23. The molecule has 0 unspecified atom stereocenters. The maximum Gasteiger partial charge on any atom is 0.573 e. The van der Waals surface area contributed by atoms with E-state index in [1.165, 1.54) is 11.0 Å². The molecule has 0 bridgehead atoms. The van der Waals surface area contributed by atoms with Gasteiger partial charge in [-0.15, -0.1) is 13.2 Å². The SMILES string of the molecule is COC(=O)C1=C(C(=O)OC)N(c2cc(Br)cc(OC(F)(F)F)c2)COC1. The van der Waals surface area contributed by atoms with Gasteiger partial charge < -0.3 is 23.8 Å². The lowest BCUT2D eigenvalue weighted by atomic mass is 10.1. The van der Waals surface area contributed by atoms with Gasteiger partial charge in [0.15, 0.2) is 0 Å². The molecule has 0 aliphatic carbocycles. The third-order valence-corrected chi connectivity index (χ3v) is 3.69. The second-order valence-electron chi connectivity index (χ2n) is 4.91. The van der Waals surface area contributed by atoms with Gasteiger partial charge in [-0.1, -0.05) is 15.9 Å². The van der Waals surface area contributed by atoms with E-state index in [1.807, 2.05) is 0 Å². The van der Waals surface area contributed by atoms with E-state index in [0.29, 0.717) is 0 Å². The molecule has 7 nitrogen and oxygen atoms in total. The number of hydrogen-bond donors (Lipinski definition) is 0. The summed E-state index contributed by atoms with van der Waals surface area (Å²) in [5.74, 6) is -2.21. The standard InChI is InChI=1S/C15H13BrF3NO6/c1-23-13(21)11-6-25-7-20(12(11)14(22)24-2)9-3-8(16)4-10(5-9)26-15(17,18)19/h3-5H,6-7H2,1-2H3. The van der Waals surface area contributed by atoms with Crippen molar-refractivity contribution in [1.29, 1.82) is 0 Å². The normalized spacial score (nSPS) is 14.9. The Morgan fingerprint density at radius 1 is 1.15 bits per heavy atom. The van der Waals surface area contributed by atoms with Gasteiger partial charge in [0.1, 0.15) is 18.2 Å². The molecule has 0 N–H and O–H groups in total. The molecular formula is C15H13BrF3NO6. The minimum atomic E-state index is -4.89. The zero-order valence-corrected chi connectivity index (χ0v) is 15.1. The molecule has 11 heteroatoms. The average molecular weight is 440 g/mol. The lowest BCUT2D eigenvalue weighted by Gasteiger charge is -2.31. The highest BCUT2D eigenvalue weighted by atomic mass is 79.9. The number of esters is 2. The Hall–Kier alpha value is -2.27. The molecule has 0 spiro atoms. The lowest BCUT2D eigenvalue weighted by Crippen LogP contribution is -2.38.